The summed E-state index contributed by atoms with van der Waals surface area (Å²) < 4.78 is 10.5. The molecule has 24 heavy (non-hydrogen) atoms. The predicted molar refractivity (Wildman–Crippen MR) is 90.9 cm³/mol. The van der Waals surface area contributed by atoms with Crippen molar-refractivity contribution >= 4 is 0 Å². The number of hydrogen-bond acceptors (Lipinski definition) is 6. The van der Waals surface area contributed by atoms with Gasteiger partial charge in [-0.05, 0) is 36.7 Å². The highest BCUT2D eigenvalue weighted by molar-refractivity contribution is 5.45. The predicted octanol–water partition coefficient (Wildman–Crippen LogP) is 1.98. The highest BCUT2D eigenvalue weighted by Gasteiger charge is 2.14. The van der Waals surface area contributed by atoms with Crippen molar-refractivity contribution in [3.63, 3.8) is 0 Å². The van der Waals surface area contributed by atoms with E-state index in [0.29, 0.717) is 23.6 Å². The standard InChI is InChI=1S/C18H23NO5/c1-23-16-7-6-12(10-17(16)24-2)8-9-19-11-15(21)13-4-3-5-14(20)18(13)22/h3-7,10,15,19-22H,8-9,11H2,1-2H3/t15-/m1/s1. The van der Waals surface area contributed by atoms with E-state index in [1.165, 1.54) is 6.07 Å². The summed E-state index contributed by atoms with van der Waals surface area (Å²) in [5, 5.41) is 32.4. The average molecular weight is 333 g/mol. The molecule has 0 saturated carbocycles. The van der Waals surface area contributed by atoms with Crippen molar-refractivity contribution in [2.45, 2.75) is 12.5 Å². The first kappa shape index (κ1) is 17.9. The minimum atomic E-state index is -0.900. The van der Waals surface area contributed by atoms with E-state index >= 15 is 0 Å². The van der Waals surface area contributed by atoms with E-state index in [4.69, 9.17) is 9.47 Å². The summed E-state index contributed by atoms with van der Waals surface area (Å²) in [6, 6.07) is 10.3. The molecule has 0 heterocycles. The summed E-state index contributed by atoms with van der Waals surface area (Å²) in [6.45, 7) is 0.913. The molecule has 0 bridgehead atoms. The number of aliphatic hydroxyl groups is 1. The highest BCUT2D eigenvalue weighted by Crippen LogP contribution is 2.32. The monoisotopic (exact) mass is 333 g/mol. The minimum Gasteiger partial charge on any atom is -0.504 e. The van der Waals surface area contributed by atoms with Gasteiger partial charge in [-0.15, -0.1) is 0 Å². The average Bonchev–Trinajstić information content (AvgIpc) is 2.60. The zero-order chi connectivity index (χ0) is 17.5. The number of rotatable bonds is 8. The van der Waals surface area contributed by atoms with E-state index in [-0.39, 0.29) is 18.0 Å². The molecule has 1 atom stereocenters. The van der Waals surface area contributed by atoms with Gasteiger partial charge in [-0.2, -0.15) is 0 Å². The molecular formula is C18H23NO5. The van der Waals surface area contributed by atoms with Crippen molar-refractivity contribution in [2.75, 3.05) is 27.3 Å². The highest BCUT2D eigenvalue weighted by atomic mass is 16.5. The van der Waals surface area contributed by atoms with Crippen LogP contribution in [0.3, 0.4) is 0 Å². The van der Waals surface area contributed by atoms with Crippen LogP contribution in [-0.2, 0) is 6.42 Å². The molecule has 0 unspecified atom stereocenters. The van der Waals surface area contributed by atoms with Gasteiger partial charge >= 0.3 is 0 Å². The number of ether oxygens (including phenoxy) is 2. The number of methoxy groups -OCH3 is 2. The normalized spacial score (nSPS) is 12.0. The van der Waals surface area contributed by atoms with Crippen LogP contribution in [0.25, 0.3) is 0 Å². The third kappa shape index (κ3) is 4.31. The third-order valence-electron chi connectivity index (χ3n) is 3.78. The molecule has 0 aliphatic rings. The maximum absolute atomic E-state index is 10.1. The molecule has 2 aromatic carbocycles. The molecule has 0 radical (unpaired) electrons. The first-order valence-corrected chi connectivity index (χ1v) is 7.67. The maximum Gasteiger partial charge on any atom is 0.163 e. The molecule has 0 aliphatic heterocycles. The quantitative estimate of drug-likeness (QED) is 0.436. The largest absolute Gasteiger partial charge is 0.504 e. The molecule has 4 N–H and O–H groups in total. The van der Waals surface area contributed by atoms with Gasteiger partial charge in [0.25, 0.3) is 0 Å². The van der Waals surface area contributed by atoms with Crippen molar-refractivity contribution in [1.82, 2.24) is 5.32 Å². The molecule has 0 spiro atoms. The van der Waals surface area contributed by atoms with Crippen molar-refractivity contribution in [3.8, 4) is 23.0 Å². The van der Waals surface area contributed by atoms with Crippen LogP contribution in [0.5, 0.6) is 23.0 Å². The van der Waals surface area contributed by atoms with Crippen molar-refractivity contribution in [3.05, 3.63) is 47.5 Å². The fraction of sp³-hybridized carbons (Fsp3) is 0.333. The number of benzene rings is 2. The van der Waals surface area contributed by atoms with Gasteiger partial charge in [0.2, 0.25) is 0 Å². The summed E-state index contributed by atoms with van der Waals surface area (Å²) in [6.07, 6.45) is -0.151. The second kappa shape index (κ2) is 8.42. The lowest BCUT2D eigenvalue weighted by atomic mass is 10.1. The number of aromatic hydroxyl groups is 2. The second-order valence-corrected chi connectivity index (χ2v) is 5.37. The Morgan fingerprint density at radius 2 is 1.79 bits per heavy atom. The van der Waals surface area contributed by atoms with Crippen LogP contribution in [-0.4, -0.2) is 42.6 Å². The molecule has 130 valence electrons. The zero-order valence-electron chi connectivity index (χ0n) is 13.8. The van der Waals surface area contributed by atoms with E-state index < -0.39 is 6.10 Å². The Morgan fingerprint density at radius 3 is 2.50 bits per heavy atom. The fourth-order valence-corrected chi connectivity index (χ4v) is 2.44. The molecule has 2 rings (SSSR count). The smallest absolute Gasteiger partial charge is 0.163 e. The van der Waals surface area contributed by atoms with E-state index in [1.807, 2.05) is 18.2 Å². The molecule has 6 nitrogen and oxygen atoms in total. The Morgan fingerprint density at radius 1 is 1.04 bits per heavy atom. The Hall–Kier alpha value is -2.44. The summed E-state index contributed by atoms with van der Waals surface area (Å²) in [5.74, 6) is 0.840. The number of hydrogen-bond donors (Lipinski definition) is 4. The van der Waals surface area contributed by atoms with Crippen LogP contribution >= 0.6 is 0 Å². The first-order chi connectivity index (χ1) is 11.6. The van der Waals surface area contributed by atoms with Gasteiger partial charge in [0.15, 0.2) is 23.0 Å². The molecule has 0 saturated heterocycles. The minimum absolute atomic E-state index is 0.239. The topological polar surface area (TPSA) is 91.2 Å². The Kier molecular flexibility index (Phi) is 6.28. The molecule has 0 fully saturated rings. The number of aliphatic hydroxyl groups excluding tert-OH is 1. The molecule has 6 heteroatoms. The van der Waals surface area contributed by atoms with Gasteiger partial charge in [0.05, 0.1) is 20.3 Å². The zero-order valence-corrected chi connectivity index (χ0v) is 13.8. The Bertz CT molecular complexity index is 674. The summed E-state index contributed by atoms with van der Waals surface area (Å²) in [7, 11) is 3.19. The van der Waals surface area contributed by atoms with Gasteiger partial charge in [0.1, 0.15) is 0 Å². The molecule has 0 aliphatic carbocycles. The van der Waals surface area contributed by atoms with Gasteiger partial charge in [-0.1, -0.05) is 18.2 Å². The lowest BCUT2D eigenvalue weighted by Gasteiger charge is -2.14. The van der Waals surface area contributed by atoms with Crippen LogP contribution in [0.15, 0.2) is 36.4 Å². The number of phenols is 2. The van der Waals surface area contributed by atoms with Crippen LogP contribution in [0.4, 0.5) is 0 Å². The lowest BCUT2D eigenvalue weighted by molar-refractivity contribution is 0.170. The summed E-state index contributed by atoms with van der Waals surface area (Å²) in [5.41, 5.74) is 1.38. The van der Waals surface area contributed by atoms with E-state index in [0.717, 1.165) is 12.0 Å². The van der Waals surface area contributed by atoms with Gasteiger partial charge < -0.3 is 30.1 Å². The molecule has 2 aromatic rings. The lowest BCUT2D eigenvalue weighted by Crippen LogP contribution is -2.23. The van der Waals surface area contributed by atoms with Gasteiger partial charge in [0, 0.05) is 12.1 Å². The second-order valence-electron chi connectivity index (χ2n) is 5.37. The van der Waals surface area contributed by atoms with Crippen LogP contribution in [0.1, 0.15) is 17.2 Å². The van der Waals surface area contributed by atoms with Gasteiger partial charge in [-0.25, -0.2) is 0 Å². The fourth-order valence-electron chi connectivity index (χ4n) is 2.44. The van der Waals surface area contributed by atoms with E-state index in [9.17, 15) is 15.3 Å². The van der Waals surface area contributed by atoms with Crippen LogP contribution in [0.2, 0.25) is 0 Å². The van der Waals surface area contributed by atoms with Gasteiger partial charge in [-0.3, -0.25) is 0 Å². The molecular weight excluding hydrogens is 310 g/mol. The van der Waals surface area contributed by atoms with Crippen LogP contribution in [0, 0.1) is 0 Å². The number of para-hydroxylation sites is 1. The molecule has 0 amide bonds. The summed E-state index contributed by atoms with van der Waals surface area (Å²) in [4.78, 5) is 0. The number of nitrogens with one attached hydrogen (secondary N) is 1. The summed E-state index contributed by atoms with van der Waals surface area (Å²) >= 11 is 0. The van der Waals surface area contributed by atoms with Crippen molar-refractivity contribution in [2.24, 2.45) is 0 Å². The SMILES string of the molecule is COc1ccc(CCNC[C@@H](O)c2cccc(O)c2O)cc1OC. The Labute approximate surface area is 141 Å². The molecule has 0 aromatic heterocycles. The first-order valence-electron chi connectivity index (χ1n) is 7.67. The number of phenolic OH excluding ortho intramolecular Hbond substituents is 2. The maximum atomic E-state index is 10.1. The van der Waals surface area contributed by atoms with Crippen molar-refractivity contribution in [1.29, 1.82) is 0 Å². The van der Waals surface area contributed by atoms with Crippen molar-refractivity contribution < 1.29 is 24.8 Å². The third-order valence-corrected chi connectivity index (χ3v) is 3.78. The van der Waals surface area contributed by atoms with E-state index in [2.05, 4.69) is 5.32 Å². The Balaban J connectivity index is 1.85. The van der Waals surface area contributed by atoms with E-state index in [1.54, 1.807) is 26.4 Å². The van der Waals surface area contributed by atoms with Crippen LogP contribution < -0.4 is 14.8 Å².